The van der Waals surface area contributed by atoms with Crippen LogP contribution >= 0.6 is 11.8 Å². The number of aromatic nitrogens is 1. The van der Waals surface area contributed by atoms with E-state index in [0.717, 1.165) is 16.2 Å². The van der Waals surface area contributed by atoms with Gasteiger partial charge in [-0.1, -0.05) is 6.07 Å². The Balaban J connectivity index is 1.44. The van der Waals surface area contributed by atoms with Crippen LogP contribution in [-0.2, 0) is 10.5 Å². The molecule has 0 saturated heterocycles. The first-order valence-electron chi connectivity index (χ1n) is 7.94. The van der Waals surface area contributed by atoms with Crippen LogP contribution in [0.15, 0.2) is 76.5 Å². The summed E-state index contributed by atoms with van der Waals surface area (Å²) < 4.78 is 4.96. The van der Waals surface area contributed by atoms with E-state index in [9.17, 15) is 9.59 Å². The number of pyridine rings is 1. The lowest BCUT2D eigenvalue weighted by Crippen LogP contribution is -2.32. The molecule has 0 radical (unpaired) electrons. The van der Waals surface area contributed by atoms with Crippen molar-refractivity contribution in [1.29, 1.82) is 0 Å². The van der Waals surface area contributed by atoms with Crippen molar-refractivity contribution in [3.8, 4) is 0 Å². The molecule has 0 aliphatic heterocycles. The van der Waals surface area contributed by atoms with Crippen LogP contribution in [0.25, 0.3) is 0 Å². The number of furan rings is 1. The first-order chi connectivity index (χ1) is 12.7. The lowest BCUT2D eigenvalue weighted by molar-refractivity contribution is -0.115. The molecule has 0 spiro atoms. The summed E-state index contributed by atoms with van der Waals surface area (Å²) in [6.45, 7) is -0.128. The number of thioether (sulfide) groups is 1. The summed E-state index contributed by atoms with van der Waals surface area (Å²) in [6, 6.07) is 14.6. The number of nitrogens with zero attached hydrogens (tertiary/aromatic N) is 1. The van der Waals surface area contributed by atoms with E-state index in [1.165, 1.54) is 12.3 Å². The number of anilines is 1. The van der Waals surface area contributed by atoms with Crippen molar-refractivity contribution in [2.45, 2.75) is 10.6 Å². The van der Waals surface area contributed by atoms with Gasteiger partial charge in [0, 0.05) is 28.7 Å². The Bertz CT molecular complexity index is 850. The van der Waals surface area contributed by atoms with Crippen LogP contribution in [0.3, 0.4) is 0 Å². The largest absolute Gasteiger partial charge is 0.459 e. The quantitative estimate of drug-likeness (QED) is 0.626. The lowest BCUT2D eigenvalue weighted by Gasteiger charge is -2.07. The Hall–Kier alpha value is -3.06. The molecule has 2 heterocycles. The smallest absolute Gasteiger partial charge is 0.287 e. The minimum absolute atomic E-state index is 0.128. The van der Waals surface area contributed by atoms with E-state index in [4.69, 9.17) is 4.42 Å². The topological polar surface area (TPSA) is 84.2 Å². The summed E-state index contributed by atoms with van der Waals surface area (Å²) in [6.07, 6.45) is 5.00. The van der Waals surface area contributed by atoms with Crippen LogP contribution < -0.4 is 10.6 Å². The van der Waals surface area contributed by atoms with Crippen molar-refractivity contribution in [1.82, 2.24) is 10.3 Å². The zero-order valence-corrected chi connectivity index (χ0v) is 14.7. The Kier molecular flexibility index (Phi) is 6.05. The molecule has 1 aromatic carbocycles. The summed E-state index contributed by atoms with van der Waals surface area (Å²) >= 11 is 1.69. The minimum atomic E-state index is -0.424. The average molecular weight is 367 g/mol. The standard InChI is InChI=1S/C19H17N3O3S/c23-18(12-21-19(24)17-4-2-10-25-17)22-15-5-7-16(8-6-15)26-13-14-3-1-9-20-11-14/h1-11H,12-13H2,(H,21,24)(H,22,23). The van der Waals surface area contributed by atoms with Gasteiger partial charge in [-0.3, -0.25) is 14.6 Å². The van der Waals surface area contributed by atoms with Gasteiger partial charge in [0.15, 0.2) is 5.76 Å². The van der Waals surface area contributed by atoms with Crippen LogP contribution in [-0.4, -0.2) is 23.3 Å². The Morgan fingerprint density at radius 1 is 1.08 bits per heavy atom. The van der Waals surface area contributed by atoms with Gasteiger partial charge in [-0.15, -0.1) is 11.8 Å². The van der Waals surface area contributed by atoms with Crippen molar-refractivity contribution in [2.24, 2.45) is 0 Å². The number of carbonyl (C=O) groups excluding carboxylic acids is 2. The molecule has 26 heavy (non-hydrogen) atoms. The van der Waals surface area contributed by atoms with Crippen molar-refractivity contribution >= 4 is 29.3 Å². The second-order valence-corrected chi connectivity index (χ2v) is 6.43. The van der Waals surface area contributed by atoms with Gasteiger partial charge in [0.25, 0.3) is 5.91 Å². The Morgan fingerprint density at radius 3 is 2.62 bits per heavy atom. The van der Waals surface area contributed by atoms with Crippen molar-refractivity contribution < 1.29 is 14.0 Å². The van der Waals surface area contributed by atoms with E-state index >= 15 is 0 Å². The third-order valence-electron chi connectivity index (χ3n) is 3.42. The average Bonchev–Trinajstić information content (AvgIpc) is 3.21. The molecule has 132 valence electrons. The highest BCUT2D eigenvalue weighted by Gasteiger charge is 2.10. The highest BCUT2D eigenvalue weighted by molar-refractivity contribution is 7.98. The SMILES string of the molecule is O=C(CNC(=O)c1ccco1)Nc1ccc(SCc2cccnc2)cc1. The Labute approximate surface area is 155 Å². The maximum atomic E-state index is 11.9. The van der Waals surface area contributed by atoms with Crippen LogP contribution in [0.1, 0.15) is 16.1 Å². The molecule has 0 unspecified atom stereocenters. The van der Waals surface area contributed by atoms with Gasteiger partial charge in [0.2, 0.25) is 5.91 Å². The summed E-state index contributed by atoms with van der Waals surface area (Å²) in [5.41, 5.74) is 1.83. The van der Waals surface area contributed by atoms with Crippen LogP contribution in [0, 0.1) is 0 Å². The first-order valence-corrected chi connectivity index (χ1v) is 8.92. The zero-order chi connectivity index (χ0) is 18.2. The van der Waals surface area contributed by atoms with Gasteiger partial charge in [-0.2, -0.15) is 0 Å². The summed E-state index contributed by atoms with van der Waals surface area (Å²) in [7, 11) is 0. The minimum Gasteiger partial charge on any atom is -0.459 e. The Morgan fingerprint density at radius 2 is 1.92 bits per heavy atom. The maximum absolute atomic E-state index is 11.9. The molecule has 2 aromatic heterocycles. The van der Waals surface area contributed by atoms with Gasteiger partial charge in [0.1, 0.15) is 0 Å². The second kappa shape index (κ2) is 8.87. The third kappa shape index (κ3) is 5.22. The number of hydrogen-bond acceptors (Lipinski definition) is 5. The lowest BCUT2D eigenvalue weighted by atomic mass is 10.3. The van der Waals surface area contributed by atoms with Crippen molar-refractivity contribution in [2.75, 3.05) is 11.9 Å². The van der Waals surface area contributed by atoms with Gasteiger partial charge in [-0.05, 0) is 48.0 Å². The van der Waals surface area contributed by atoms with E-state index in [1.54, 1.807) is 24.0 Å². The van der Waals surface area contributed by atoms with E-state index in [0.29, 0.717) is 5.69 Å². The molecule has 7 heteroatoms. The molecule has 0 saturated carbocycles. The molecule has 2 amide bonds. The van der Waals surface area contributed by atoms with Gasteiger partial charge in [-0.25, -0.2) is 0 Å². The van der Waals surface area contributed by atoms with E-state index in [1.807, 2.05) is 42.6 Å². The number of amides is 2. The number of nitrogens with one attached hydrogen (secondary N) is 2. The molecule has 0 atom stereocenters. The van der Waals surface area contributed by atoms with Crippen LogP contribution in [0.2, 0.25) is 0 Å². The molecule has 3 aromatic rings. The molecule has 0 aliphatic rings. The fourth-order valence-corrected chi connectivity index (χ4v) is 2.98. The highest BCUT2D eigenvalue weighted by Crippen LogP contribution is 2.23. The summed E-state index contributed by atoms with van der Waals surface area (Å²) in [5, 5.41) is 5.24. The number of hydrogen-bond donors (Lipinski definition) is 2. The second-order valence-electron chi connectivity index (χ2n) is 5.38. The molecule has 2 N–H and O–H groups in total. The van der Waals surface area contributed by atoms with E-state index in [-0.39, 0.29) is 18.2 Å². The first kappa shape index (κ1) is 17.8. The fourth-order valence-electron chi connectivity index (χ4n) is 2.15. The maximum Gasteiger partial charge on any atom is 0.287 e. The van der Waals surface area contributed by atoms with Crippen LogP contribution in [0.4, 0.5) is 5.69 Å². The monoisotopic (exact) mass is 367 g/mol. The zero-order valence-electron chi connectivity index (χ0n) is 13.8. The van der Waals surface area contributed by atoms with Gasteiger partial charge >= 0.3 is 0 Å². The third-order valence-corrected chi connectivity index (χ3v) is 4.50. The molecule has 3 rings (SSSR count). The van der Waals surface area contributed by atoms with Crippen molar-refractivity contribution in [3.63, 3.8) is 0 Å². The van der Waals surface area contributed by atoms with E-state index in [2.05, 4.69) is 15.6 Å². The normalized spacial score (nSPS) is 10.3. The van der Waals surface area contributed by atoms with Gasteiger partial charge in [0.05, 0.1) is 12.8 Å². The predicted molar refractivity (Wildman–Crippen MR) is 99.9 cm³/mol. The number of rotatable bonds is 7. The van der Waals surface area contributed by atoms with Crippen molar-refractivity contribution in [3.05, 3.63) is 78.5 Å². The number of benzene rings is 1. The fraction of sp³-hybridized carbons (Fsp3) is 0.105. The molecule has 0 fully saturated rings. The molecular weight excluding hydrogens is 350 g/mol. The number of carbonyl (C=O) groups is 2. The van der Waals surface area contributed by atoms with Gasteiger partial charge < -0.3 is 15.1 Å². The summed E-state index contributed by atoms with van der Waals surface area (Å²) in [5.74, 6) is 0.277. The van der Waals surface area contributed by atoms with E-state index < -0.39 is 5.91 Å². The molecule has 6 nitrogen and oxygen atoms in total. The summed E-state index contributed by atoms with van der Waals surface area (Å²) in [4.78, 5) is 28.8. The highest BCUT2D eigenvalue weighted by atomic mass is 32.2. The molecule has 0 aliphatic carbocycles. The molecule has 0 bridgehead atoms. The van der Waals surface area contributed by atoms with Crippen LogP contribution in [0.5, 0.6) is 0 Å². The predicted octanol–water partition coefficient (Wildman–Crippen LogP) is 3.34. The molecular formula is C19H17N3O3S.